The minimum absolute atomic E-state index is 0.246. The van der Waals surface area contributed by atoms with Crippen LogP contribution in [0.2, 0.25) is 0 Å². The molecule has 1 atom stereocenters. The highest BCUT2D eigenvalue weighted by Gasteiger charge is 2.33. The molecule has 1 aromatic rings. The molecule has 0 fully saturated rings. The van der Waals surface area contributed by atoms with E-state index in [1.54, 1.807) is 19.1 Å². The summed E-state index contributed by atoms with van der Waals surface area (Å²) in [5.74, 6) is 0.859. The van der Waals surface area contributed by atoms with E-state index in [0.29, 0.717) is 4.90 Å². The Morgan fingerprint density at radius 3 is 2.50 bits per heavy atom. The number of hydrogen-bond acceptors (Lipinski definition) is 2. The fraction of sp³-hybridized carbons (Fsp3) is 0.600. The second kappa shape index (κ2) is 7.93. The van der Waals surface area contributed by atoms with Crippen molar-refractivity contribution in [3.63, 3.8) is 0 Å². The number of unbranched alkanes of at least 4 members (excludes halogenated alkanes) is 2. The number of benzene rings is 1. The Bertz CT molecular complexity index is 416. The largest absolute Gasteiger partial charge is 0.416 e. The molecule has 5 heteroatoms. The molecule has 0 bridgehead atoms. The zero-order valence-electron chi connectivity index (χ0n) is 12.0. The van der Waals surface area contributed by atoms with Crippen molar-refractivity contribution in [3.8, 4) is 0 Å². The lowest BCUT2D eigenvalue weighted by Crippen LogP contribution is -2.20. The second-order valence-corrected chi connectivity index (χ2v) is 6.22. The number of rotatable bonds is 7. The summed E-state index contributed by atoms with van der Waals surface area (Å²) in [5.41, 5.74) is 5.35. The van der Waals surface area contributed by atoms with Crippen LogP contribution in [0, 0.1) is 0 Å². The van der Waals surface area contributed by atoms with Crippen LogP contribution in [0.25, 0.3) is 0 Å². The number of thioether (sulfide) groups is 1. The van der Waals surface area contributed by atoms with Gasteiger partial charge in [0.15, 0.2) is 0 Å². The average Bonchev–Trinajstić information content (AvgIpc) is 2.34. The van der Waals surface area contributed by atoms with Crippen LogP contribution < -0.4 is 5.73 Å². The molecule has 1 nitrogen and oxygen atoms in total. The second-order valence-electron chi connectivity index (χ2n) is 5.05. The Balaban J connectivity index is 2.85. The topological polar surface area (TPSA) is 26.0 Å². The van der Waals surface area contributed by atoms with E-state index in [4.69, 9.17) is 5.73 Å². The first kappa shape index (κ1) is 17.4. The van der Waals surface area contributed by atoms with Gasteiger partial charge < -0.3 is 5.73 Å². The zero-order valence-corrected chi connectivity index (χ0v) is 12.8. The fourth-order valence-electron chi connectivity index (χ4n) is 1.98. The molecule has 0 radical (unpaired) electrons. The number of nitrogens with two attached hydrogens (primary N) is 1. The van der Waals surface area contributed by atoms with Crippen LogP contribution in [-0.2, 0) is 12.6 Å². The standard InChI is InChI=1S/C15H22F3NS/c1-3-4-5-8-20-13-7-6-12(9-11(2)19)14(10-13)15(16,17)18/h6-7,10-11H,3-5,8-9,19H2,1-2H3. The fourth-order valence-corrected chi connectivity index (χ4v) is 2.93. The summed E-state index contributed by atoms with van der Waals surface area (Å²) in [6, 6.07) is 4.31. The van der Waals surface area contributed by atoms with E-state index in [1.165, 1.54) is 17.8 Å². The molecule has 0 saturated heterocycles. The van der Waals surface area contributed by atoms with Gasteiger partial charge in [-0.25, -0.2) is 0 Å². The first-order valence-electron chi connectivity index (χ1n) is 6.93. The lowest BCUT2D eigenvalue weighted by atomic mass is 10.0. The van der Waals surface area contributed by atoms with Crippen LogP contribution in [0.5, 0.6) is 0 Å². The van der Waals surface area contributed by atoms with Gasteiger partial charge in [-0.2, -0.15) is 13.2 Å². The van der Waals surface area contributed by atoms with Crippen molar-refractivity contribution in [1.29, 1.82) is 0 Å². The highest BCUT2D eigenvalue weighted by molar-refractivity contribution is 7.99. The smallest absolute Gasteiger partial charge is 0.328 e. The maximum absolute atomic E-state index is 13.1. The Kier molecular flexibility index (Phi) is 6.89. The van der Waals surface area contributed by atoms with Crippen LogP contribution in [0.4, 0.5) is 13.2 Å². The van der Waals surface area contributed by atoms with Gasteiger partial charge in [-0.15, -0.1) is 11.8 Å². The molecule has 114 valence electrons. The molecule has 1 rings (SSSR count). The maximum Gasteiger partial charge on any atom is 0.416 e. The van der Waals surface area contributed by atoms with E-state index in [0.717, 1.165) is 25.0 Å². The molecule has 1 aromatic carbocycles. The van der Waals surface area contributed by atoms with Crippen LogP contribution in [0.3, 0.4) is 0 Å². The molecular formula is C15H22F3NS. The van der Waals surface area contributed by atoms with Gasteiger partial charge in [0.05, 0.1) is 5.56 Å². The van der Waals surface area contributed by atoms with E-state index < -0.39 is 11.7 Å². The van der Waals surface area contributed by atoms with Gasteiger partial charge in [0.2, 0.25) is 0 Å². The first-order chi connectivity index (χ1) is 9.34. The van der Waals surface area contributed by atoms with Crippen LogP contribution in [0.15, 0.2) is 23.1 Å². The first-order valence-corrected chi connectivity index (χ1v) is 7.91. The number of halogens is 3. The van der Waals surface area contributed by atoms with Crippen LogP contribution >= 0.6 is 11.8 Å². The van der Waals surface area contributed by atoms with Gasteiger partial charge in [0.1, 0.15) is 0 Å². The van der Waals surface area contributed by atoms with Gasteiger partial charge in [-0.1, -0.05) is 25.8 Å². The van der Waals surface area contributed by atoms with Gasteiger partial charge in [-0.3, -0.25) is 0 Å². The molecule has 0 aliphatic rings. The van der Waals surface area contributed by atoms with Gasteiger partial charge in [-0.05, 0) is 43.2 Å². The maximum atomic E-state index is 13.1. The SMILES string of the molecule is CCCCCSc1ccc(CC(C)N)c(C(F)(F)F)c1. The minimum Gasteiger partial charge on any atom is -0.328 e. The average molecular weight is 305 g/mol. The highest BCUT2D eigenvalue weighted by Crippen LogP contribution is 2.35. The molecule has 0 amide bonds. The highest BCUT2D eigenvalue weighted by atomic mass is 32.2. The molecule has 1 unspecified atom stereocenters. The van der Waals surface area contributed by atoms with Crippen LogP contribution in [-0.4, -0.2) is 11.8 Å². The van der Waals surface area contributed by atoms with Gasteiger partial charge in [0, 0.05) is 10.9 Å². The third-order valence-corrected chi connectivity index (χ3v) is 4.03. The predicted molar refractivity (Wildman–Crippen MR) is 79.0 cm³/mol. The third kappa shape index (κ3) is 5.75. The predicted octanol–water partition coefficient (Wildman–Crippen LogP) is 4.88. The van der Waals surface area contributed by atoms with Crippen molar-refractivity contribution in [3.05, 3.63) is 29.3 Å². The molecule has 0 aliphatic carbocycles. The summed E-state index contributed by atoms with van der Waals surface area (Å²) >= 11 is 1.49. The van der Waals surface area contributed by atoms with Crippen molar-refractivity contribution < 1.29 is 13.2 Å². The van der Waals surface area contributed by atoms with Gasteiger partial charge in [0.25, 0.3) is 0 Å². The van der Waals surface area contributed by atoms with Crippen LogP contribution in [0.1, 0.15) is 44.2 Å². The molecule has 0 aromatic heterocycles. The minimum atomic E-state index is -4.32. The van der Waals surface area contributed by atoms with Crippen molar-refractivity contribution in [2.75, 3.05) is 5.75 Å². The molecule has 20 heavy (non-hydrogen) atoms. The molecule has 0 heterocycles. The van der Waals surface area contributed by atoms with E-state index >= 15 is 0 Å². The third-order valence-electron chi connectivity index (χ3n) is 2.95. The molecule has 0 aliphatic heterocycles. The molecular weight excluding hydrogens is 283 g/mol. The zero-order chi connectivity index (χ0) is 15.2. The summed E-state index contributed by atoms with van der Waals surface area (Å²) in [6.07, 6.45) is -0.812. The van der Waals surface area contributed by atoms with Crippen molar-refractivity contribution in [2.45, 2.75) is 56.6 Å². The monoisotopic (exact) mass is 305 g/mol. The molecule has 0 saturated carbocycles. The summed E-state index contributed by atoms with van der Waals surface area (Å²) in [5, 5.41) is 0. The van der Waals surface area contributed by atoms with Gasteiger partial charge >= 0.3 is 6.18 Å². The molecule has 0 spiro atoms. The normalized spacial score (nSPS) is 13.5. The van der Waals surface area contributed by atoms with Crippen molar-refractivity contribution in [2.24, 2.45) is 5.73 Å². The summed E-state index contributed by atoms with van der Waals surface area (Å²) < 4.78 is 39.2. The molecule has 2 N–H and O–H groups in total. The van der Waals surface area contributed by atoms with E-state index in [9.17, 15) is 13.2 Å². The lowest BCUT2D eigenvalue weighted by molar-refractivity contribution is -0.138. The Hall–Kier alpha value is -0.680. The summed E-state index contributed by atoms with van der Waals surface area (Å²) in [4.78, 5) is 0.682. The Morgan fingerprint density at radius 1 is 1.25 bits per heavy atom. The Labute approximate surface area is 123 Å². The van der Waals surface area contributed by atoms with E-state index in [1.807, 2.05) is 0 Å². The van der Waals surface area contributed by atoms with Crippen molar-refractivity contribution in [1.82, 2.24) is 0 Å². The Morgan fingerprint density at radius 2 is 1.95 bits per heavy atom. The lowest BCUT2D eigenvalue weighted by Gasteiger charge is -2.16. The number of alkyl halides is 3. The summed E-state index contributed by atoms with van der Waals surface area (Å²) in [6.45, 7) is 3.82. The van der Waals surface area contributed by atoms with E-state index in [-0.39, 0.29) is 18.0 Å². The summed E-state index contributed by atoms with van der Waals surface area (Å²) in [7, 11) is 0. The van der Waals surface area contributed by atoms with E-state index in [2.05, 4.69) is 6.92 Å². The number of hydrogen-bond donors (Lipinski definition) is 1. The quantitative estimate of drug-likeness (QED) is 0.574. The van der Waals surface area contributed by atoms with Crippen molar-refractivity contribution >= 4 is 11.8 Å².